The van der Waals surface area contributed by atoms with E-state index in [0.717, 1.165) is 11.1 Å². The van der Waals surface area contributed by atoms with Crippen LogP contribution in [-0.4, -0.2) is 33.8 Å². The van der Waals surface area contributed by atoms with Crippen LogP contribution in [0.3, 0.4) is 0 Å². The number of nitrogens with one attached hydrogen (secondary N) is 1. The quantitative estimate of drug-likeness (QED) is 0.707. The molecule has 1 aromatic carbocycles. The summed E-state index contributed by atoms with van der Waals surface area (Å²) in [5.41, 5.74) is 2.51. The van der Waals surface area contributed by atoms with Crippen molar-refractivity contribution in [2.45, 2.75) is 13.3 Å². The largest absolute Gasteiger partial charge is 0.451 e. The number of carbonyl (C=O) groups excluding carboxylic acids is 3. The summed E-state index contributed by atoms with van der Waals surface area (Å²) in [5, 5.41) is 2.19. The van der Waals surface area contributed by atoms with Crippen molar-refractivity contribution in [3.05, 3.63) is 71.7 Å². The smallest absolute Gasteiger partial charge is 0.359 e. The zero-order chi connectivity index (χ0) is 18.5. The third-order valence-corrected chi connectivity index (χ3v) is 3.65. The standard InChI is InChI=1S/C19H17N3O4/c1-13-7-8-22-11-15(20-16(22)9-13)19(25)26-12-18(24)21-17(23)10-14-5-3-2-4-6-14/h2-9,11H,10,12H2,1H3,(H,21,23,24). The number of pyridine rings is 1. The van der Waals surface area contributed by atoms with Gasteiger partial charge in [-0.3, -0.25) is 14.9 Å². The lowest BCUT2D eigenvalue weighted by molar-refractivity contribution is -0.132. The van der Waals surface area contributed by atoms with E-state index in [1.54, 1.807) is 22.7 Å². The molecule has 3 aromatic rings. The van der Waals surface area contributed by atoms with Crippen LogP contribution in [-0.2, 0) is 20.7 Å². The molecule has 3 rings (SSSR count). The van der Waals surface area contributed by atoms with E-state index in [1.165, 1.54) is 6.20 Å². The Bertz CT molecular complexity index is 963. The summed E-state index contributed by atoms with van der Waals surface area (Å²) in [6.45, 7) is 1.37. The minimum Gasteiger partial charge on any atom is -0.451 e. The molecule has 0 unspecified atom stereocenters. The van der Waals surface area contributed by atoms with Crippen LogP contribution < -0.4 is 5.32 Å². The maximum atomic E-state index is 12.0. The lowest BCUT2D eigenvalue weighted by Gasteiger charge is -2.05. The van der Waals surface area contributed by atoms with E-state index in [4.69, 9.17) is 4.74 Å². The minimum absolute atomic E-state index is 0.0757. The van der Waals surface area contributed by atoms with Crippen molar-refractivity contribution in [3.63, 3.8) is 0 Å². The Morgan fingerprint density at radius 3 is 2.65 bits per heavy atom. The first-order valence-electron chi connectivity index (χ1n) is 8.00. The van der Waals surface area contributed by atoms with Gasteiger partial charge in [0.25, 0.3) is 5.91 Å². The molecule has 2 aromatic heterocycles. The van der Waals surface area contributed by atoms with Crippen LogP contribution >= 0.6 is 0 Å². The van der Waals surface area contributed by atoms with Gasteiger partial charge in [-0.2, -0.15) is 0 Å². The van der Waals surface area contributed by atoms with Crippen molar-refractivity contribution in [3.8, 4) is 0 Å². The summed E-state index contributed by atoms with van der Waals surface area (Å²) in [5.74, 6) is -1.86. The number of amides is 2. The third-order valence-electron chi connectivity index (χ3n) is 3.65. The number of ether oxygens (including phenoxy) is 1. The molecule has 0 aliphatic heterocycles. The van der Waals surface area contributed by atoms with Crippen LogP contribution in [0, 0.1) is 6.92 Å². The van der Waals surface area contributed by atoms with Crippen molar-refractivity contribution < 1.29 is 19.1 Å². The number of rotatable bonds is 5. The van der Waals surface area contributed by atoms with Gasteiger partial charge in [0, 0.05) is 12.4 Å². The highest BCUT2D eigenvalue weighted by Crippen LogP contribution is 2.08. The molecule has 0 bridgehead atoms. The maximum Gasteiger partial charge on any atom is 0.359 e. The fourth-order valence-electron chi connectivity index (χ4n) is 2.40. The highest BCUT2D eigenvalue weighted by molar-refractivity contribution is 5.98. The fraction of sp³-hybridized carbons (Fsp3) is 0.158. The molecule has 0 saturated carbocycles. The summed E-state index contributed by atoms with van der Waals surface area (Å²) in [7, 11) is 0. The van der Waals surface area contributed by atoms with E-state index in [1.807, 2.05) is 37.3 Å². The average molecular weight is 351 g/mol. The molecule has 132 valence electrons. The Labute approximate surface area is 149 Å². The van der Waals surface area contributed by atoms with Crippen molar-refractivity contribution in [1.82, 2.24) is 14.7 Å². The zero-order valence-corrected chi connectivity index (χ0v) is 14.1. The van der Waals surface area contributed by atoms with Gasteiger partial charge < -0.3 is 9.14 Å². The predicted octanol–water partition coefficient (Wildman–Crippen LogP) is 1.69. The molecule has 0 fully saturated rings. The van der Waals surface area contributed by atoms with Gasteiger partial charge in [-0.15, -0.1) is 0 Å². The number of esters is 1. The third kappa shape index (κ3) is 4.32. The first-order valence-corrected chi connectivity index (χ1v) is 8.00. The molecular weight excluding hydrogens is 334 g/mol. The van der Waals surface area contributed by atoms with E-state index in [0.29, 0.717) is 5.65 Å². The number of aromatic nitrogens is 2. The number of imidazole rings is 1. The normalized spacial score (nSPS) is 10.5. The zero-order valence-electron chi connectivity index (χ0n) is 14.1. The molecule has 0 aliphatic carbocycles. The summed E-state index contributed by atoms with van der Waals surface area (Å²) >= 11 is 0. The van der Waals surface area contributed by atoms with Gasteiger partial charge in [0.1, 0.15) is 5.65 Å². The average Bonchev–Trinajstić information content (AvgIpc) is 3.03. The number of hydrogen-bond donors (Lipinski definition) is 1. The Kier molecular flexibility index (Phi) is 5.07. The van der Waals surface area contributed by atoms with Crippen LogP contribution in [0.2, 0.25) is 0 Å². The van der Waals surface area contributed by atoms with Crippen molar-refractivity contribution in [2.75, 3.05) is 6.61 Å². The summed E-state index contributed by atoms with van der Waals surface area (Å²) in [4.78, 5) is 39.7. The van der Waals surface area contributed by atoms with Gasteiger partial charge in [-0.1, -0.05) is 30.3 Å². The van der Waals surface area contributed by atoms with E-state index in [-0.39, 0.29) is 12.1 Å². The monoisotopic (exact) mass is 351 g/mol. The lowest BCUT2D eigenvalue weighted by atomic mass is 10.1. The van der Waals surface area contributed by atoms with Crippen LogP contribution in [0.25, 0.3) is 5.65 Å². The van der Waals surface area contributed by atoms with Crippen LogP contribution in [0.1, 0.15) is 21.6 Å². The van der Waals surface area contributed by atoms with Gasteiger partial charge in [0.05, 0.1) is 6.42 Å². The van der Waals surface area contributed by atoms with Crippen molar-refractivity contribution >= 4 is 23.4 Å². The van der Waals surface area contributed by atoms with E-state index in [2.05, 4.69) is 10.3 Å². The lowest BCUT2D eigenvalue weighted by Crippen LogP contribution is -2.35. The van der Waals surface area contributed by atoms with Crippen molar-refractivity contribution in [1.29, 1.82) is 0 Å². The second-order valence-electron chi connectivity index (χ2n) is 5.81. The van der Waals surface area contributed by atoms with Crippen molar-refractivity contribution in [2.24, 2.45) is 0 Å². The number of aryl methyl sites for hydroxylation is 1. The van der Waals surface area contributed by atoms with E-state index >= 15 is 0 Å². The number of hydrogen-bond acceptors (Lipinski definition) is 5. The van der Waals surface area contributed by atoms with Crippen LogP contribution in [0.5, 0.6) is 0 Å². The molecule has 1 N–H and O–H groups in total. The Hall–Kier alpha value is -3.48. The van der Waals surface area contributed by atoms with E-state index in [9.17, 15) is 14.4 Å². The first-order chi connectivity index (χ1) is 12.5. The van der Waals surface area contributed by atoms with Crippen LogP contribution in [0.4, 0.5) is 0 Å². The molecule has 0 saturated heterocycles. The van der Waals surface area contributed by atoms with Gasteiger partial charge in [0.2, 0.25) is 5.91 Å². The number of fused-ring (bicyclic) bond motifs is 1. The molecule has 26 heavy (non-hydrogen) atoms. The Balaban J connectivity index is 1.51. The Morgan fingerprint density at radius 2 is 1.88 bits per heavy atom. The summed E-state index contributed by atoms with van der Waals surface area (Å²) < 4.78 is 6.61. The first kappa shape index (κ1) is 17.3. The highest BCUT2D eigenvalue weighted by Gasteiger charge is 2.15. The van der Waals surface area contributed by atoms with Gasteiger partial charge in [0.15, 0.2) is 12.3 Å². The number of nitrogens with zero attached hydrogens (tertiary/aromatic N) is 2. The molecule has 7 nitrogen and oxygen atoms in total. The summed E-state index contributed by atoms with van der Waals surface area (Å²) in [6, 6.07) is 12.7. The molecular formula is C19H17N3O4. The van der Waals surface area contributed by atoms with Gasteiger partial charge >= 0.3 is 5.97 Å². The topological polar surface area (TPSA) is 89.8 Å². The second kappa shape index (κ2) is 7.60. The molecule has 0 spiro atoms. The molecule has 7 heteroatoms. The second-order valence-corrected chi connectivity index (χ2v) is 5.81. The number of benzene rings is 1. The predicted molar refractivity (Wildman–Crippen MR) is 93.5 cm³/mol. The van der Waals surface area contributed by atoms with Gasteiger partial charge in [-0.25, -0.2) is 9.78 Å². The molecule has 0 radical (unpaired) electrons. The van der Waals surface area contributed by atoms with Gasteiger partial charge in [-0.05, 0) is 30.2 Å². The highest BCUT2D eigenvalue weighted by atomic mass is 16.5. The summed E-state index contributed by atoms with van der Waals surface area (Å²) in [6.07, 6.45) is 3.38. The minimum atomic E-state index is -0.725. The Morgan fingerprint density at radius 1 is 1.12 bits per heavy atom. The molecule has 2 heterocycles. The van der Waals surface area contributed by atoms with Crippen LogP contribution in [0.15, 0.2) is 54.9 Å². The fourth-order valence-corrected chi connectivity index (χ4v) is 2.40. The number of carbonyl (C=O) groups is 3. The molecule has 2 amide bonds. The molecule has 0 atom stereocenters. The van der Waals surface area contributed by atoms with E-state index < -0.39 is 24.4 Å². The maximum absolute atomic E-state index is 12.0. The number of imide groups is 1. The SMILES string of the molecule is Cc1ccn2cc(C(=O)OCC(=O)NC(=O)Cc3ccccc3)nc2c1. The molecule has 0 aliphatic rings.